The fourth-order valence-electron chi connectivity index (χ4n) is 5.85. The average molecular weight is 522 g/mol. The van der Waals surface area contributed by atoms with Gasteiger partial charge in [-0.2, -0.15) is 10.5 Å². The lowest BCUT2D eigenvalue weighted by atomic mass is 9.91. The second-order valence-corrected chi connectivity index (χ2v) is 10.0. The Kier molecular flexibility index (Phi) is 5.90. The molecule has 7 aromatic rings. The highest BCUT2D eigenvalue weighted by molar-refractivity contribution is 6.17. The minimum absolute atomic E-state index is 0.489. The lowest BCUT2D eigenvalue weighted by Crippen LogP contribution is -1.95. The summed E-state index contributed by atoms with van der Waals surface area (Å²) in [5.74, 6) is 0. The molecule has 0 fully saturated rings. The van der Waals surface area contributed by atoms with Crippen LogP contribution in [-0.4, -0.2) is 4.57 Å². The number of nitriles is 2. The zero-order valence-corrected chi connectivity index (χ0v) is 22.1. The fraction of sp³-hybridized carbons (Fsp3) is 0. The maximum Gasteiger partial charge on any atom is 0.0998 e. The Morgan fingerprint density at radius 2 is 1.05 bits per heavy atom. The molecular weight excluding hydrogens is 498 g/mol. The van der Waals surface area contributed by atoms with E-state index in [0.29, 0.717) is 16.7 Å². The van der Waals surface area contributed by atoms with Crippen molar-refractivity contribution < 1.29 is 0 Å². The molecule has 0 bridgehead atoms. The molecule has 0 amide bonds. The maximum absolute atomic E-state index is 10.0. The van der Waals surface area contributed by atoms with E-state index in [-0.39, 0.29) is 0 Å². The smallest absolute Gasteiger partial charge is 0.0998 e. The van der Waals surface area contributed by atoms with E-state index < -0.39 is 0 Å². The summed E-state index contributed by atoms with van der Waals surface area (Å²) < 4.78 is 2.29. The molecule has 0 spiro atoms. The molecule has 1 aromatic heterocycles. The van der Waals surface area contributed by atoms with Gasteiger partial charge in [0.15, 0.2) is 0 Å². The number of nitrogens with zero attached hydrogens (tertiary/aromatic N) is 3. The zero-order valence-electron chi connectivity index (χ0n) is 22.1. The van der Waals surface area contributed by atoms with Crippen LogP contribution in [-0.2, 0) is 0 Å². The summed E-state index contributed by atoms with van der Waals surface area (Å²) in [6, 6.07) is 52.0. The van der Waals surface area contributed by atoms with Gasteiger partial charge < -0.3 is 4.57 Å². The van der Waals surface area contributed by atoms with Gasteiger partial charge in [-0.25, -0.2) is 0 Å². The van der Waals surface area contributed by atoms with E-state index in [0.717, 1.165) is 55.3 Å². The van der Waals surface area contributed by atoms with E-state index in [1.807, 2.05) is 36.4 Å². The first kappa shape index (κ1) is 24.2. The summed E-state index contributed by atoms with van der Waals surface area (Å²) in [5, 5.41) is 22.2. The monoisotopic (exact) mass is 521 g/mol. The van der Waals surface area contributed by atoms with Crippen molar-refractivity contribution in [2.75, 3.05) is 0 Å². The Hall–Kier alpha value is -5.90. The minimum Gasteiger partial charge on any atom is -0.309 e. The van der Waals surface area contributed by atoms with Crippen molar-refractivity contribution in [1.29, 1.82) is 10.5 Å². The summed E-state index contributed by atoms with van der Waals surface area (Å²) in [5.41, 5.74) is 10.2. The first-order valence-corrected chi connectivity index (χ1v) is 13.5. The molecule has 190 valence electrons. The number of hydrogen-bond acceptors (Lipinski definition) is 2. The van der Waals surface area contributed by atoms with Gasteiger partial charge in [0.05, 0.1) is 34.3 Å². The van der Waals surface area contributed by atoms with Crippen molar-refractivity contribution in [2.45, 2.75) is 0 Å². The van der Waals surface area contributed by atoms with Gasteiger partial charge in [-0.3, -0.25) is 0 Å². The number of aromatic nitrogens is 1. The molecule has 0 saturated carbocycles. The van der Waals surface area contributed by atoms with Crippen LogP contribution in [0.1, 0.15) is 11.1 Å². The van der Waals surface area contributed by atoms with Gasteiger partial charge in [0.2, 0.25) is 0 Å². The van der Waals surface area contributed by atoms with Crippen LogP contribution in [0.4, 0.5) is 0 Å². The summed E-state index contributed by atoms with van der Waals surface area (Å²) in [6.45, 7) is 0. The quantitative estimate of drug-likeness (QED) is 0.232. The van der Waals surface area contributed by atoms with Crippen LogP contribution < -0.4 is 0 Å². The Morgan fingerprint density at radius 1 is 0.463 bits per heavy atom. The molecule has 1 heterocycles. The Bertz CT molecular complexity index is 2130. The molecule has 0 aliphatic rings. The molecule has 7 rings (SSSR count). The molecule has 0 aliphatic carbocycles. The average Bonchev–Trinajstić information content (AvgIpc) is 3.39. The second kappa shape index (κ2) is 10.0. The Morgan fingerprint density at radius 3 is 1.71 bits per heavy atom. The second-order valence-electron chi connectivity index (χ2n) is 10.0. The van der Waals surface area contributed by atoms with Crippen molar-refractivity contribution in [1.82, 2.24) is 4.57 Å². The van der Waals surface area contributed by atoms with E-state index in [2.05, 4.69) is 102 Å². The van der Waals surface area contributed by atoms with Crippen LogP contribution in [0.25, 0.3) is 60.9 Å². The summed E-state index contributed by atoms with van der Waals surface area (Å²) in [6.07, 6.45) is 0. The van der Waals surface area contributed by atoms with Gasteiger partial charge in [-0.15, -0.1) is 0 Å². The summed E-state index contributed by atoms with van der Waals surface area (Å²) in [7, 11) is 0. The maximum atomic E-state index is 10.0. The third-order valence-electron chi connectivity index (χ3n) is 7.68. The SMILES string of the molecule is N#Cc1cccc(C#N)c1-c1cccc2c1c1cc(-c3ccccc3)ccc1n2-c1cccc(-c2ccccc2)c1. The van der Waals surface area contributed by atoms with Crippen LogP contribution >= 0.6 is 0 Å². The van der Waals surface area contributed by atoms with Crippen LogP contribution in [0, 0.1) is 22.7 Å². The molecule has 41 heavy (non-hydrogen) atoms. The third-order valence-corrected chi connectivity index (χ3v) is 7.68. The predicted molar refractivity (Wildman–Crippen MR) is 167 cm³/mol. The third kappa shape index (κ3) is 4.05. The zero-order chi connectivity index (χ0) is 27.8. The molecule has 3 nitrogen and oxygen atoms in total. The highest BCUT2D eigenvalue weighted by Gasteiger charge is 2.20. The van der Waals surface area contributed by atoms with Crippen molar-refractivity contribution in [2.24, 2.45) is 0 Å². The minimum atomic E-state index is 0.489. The number of fused-ring (bicyclic) bond motifs is 3. The molecular formula is C38H23N3. The molecule has 0 aliphatic heterocycles. The topological polar surface area (TPSA) is 52.5 Å². The van der Waals surface area contributed by atoms with Gasteiger partial charge in [-0.05, 0) is 70.3 Å². The first-order valence-electron chi connectivity index (χ1n) is 13.5. The number of benzene rings is 6. The first-order chi connectivity index (χ1) is 20.3. The van der Waals surface area contributed by atoms with E-state index in [4.69, 9.17) is 0 Å². The Labute approximate surface area is 238 Å². The van der Waals surface area contributed by atoms with Crippen LogP contribution in [0.2, 0.25) is 0 Å². The molecule has 6 aromatic carbocycles. The normalized spacial score (nSPS) is 10.9. The predicted octanol–water partition coefficient (Wildman–Crippen LogP) is 9.53. The van der Waals surface area contributed by atoms with E-state index in [1.165, 1.54) is 0 Å². The van der Waals surface area contributed by atoms with Crippen molar-refractivity contribution in [3.8, 4) is 51.2 Å². The van der Waals surface area contributed by atoms with E-state index >= 15 is 0 Å². The standard InChI is InChI=1S/C38H23N3/c39-24-30-15-7-16-31(25-40)37(30)33-18-9-19-36-38(33)34-23-29(27-12-5-2-6-13-27)20-21-35(34)41(36)32-17-8-14-28(22-32)26-10-3-1-4-11-26/h1-23H. The largest absolute Gasteiger partial charge is 0.309 e. The van der Waals surface area contributed by atoms with Crippen molar-refractivity contribution in [3.63, 3.8) is 0 Å². The van der Waals surface area contributed by atoms with E-state index in [9.17, 15) is 10.5 Å². The van der Waals surface area contributed by atoms with Crippen LogP contribution in [0.15, 0.2) is 140 Å². The number of hydrogen-bond donors (Lipinski definition) is 0. The van der Waals surface area contributed by atoms with Crippen molar-refractivity contribution in [3.05, 3.63) is 151 Å². The summed E-state index contributed by atoms with van der Waals surface area (Å²) in [4.78, 5) is 0. The van der Waals surface area contributed by atoms with Crippen LogP contribution in [0.5, 0.6) is 0 Å². The van der Waals surface area contributed by atoms with Crippen LogP contribution in [0.3, 0.4) is 0 Å². The Balaban J connectivity index is 1.59. The molecule has 0 atom stereocenters. The van der Waals surface area contributed by atoms with Gasteiger partial charge in [0, 0.05) is 22.0 Å². The van der Waals surface area contributed by atoms with Gasteiger partial charge in [0.25, 0.3) is 0 Å². The molecule has 0 unspecified atom stereocenters. The molecule has 0 saturated heterocycles. The lowest BCUT2D eigenvalue weighted by molar-refractivity contribution is 1.18. The van der Waals surface area contributed by atoms with E-state index in [1.54, 1.807) is 18.2 Å². The van der Waals surface area contributed by atoms with Crippen molar-refractivity contribution >= 4 is 21.8 Å². The lowest BCUT2D eigenvalue weighted by Gasteiger charge is -2.12. The van der Waals surface area contributed by atoms with Gasteiger partial charge in [-0.1, -0.05) is 97.1 Å². The summed E-state index contributed by atoms with van der Waals surface area (Å²) >= 11 is 0. The number of rotatable bonds is 4. The molecule has 0 N–H and O–H groups in total. The molecule has 0 radical (unpaired) electrons. The highest BCUT2D eigenvalue weighted by atomic mass is 15.0. The molecule has 3 heteroatoms. The van der Waals surface area contributed by atoms with Gasteiger partial charge >= 0.3 is 0 Å². The van der Waals surface area contributed by atoms with Gasteiger partial charge in [0.1, 0.15) is 0 Å². The fourth-order valence-corrected chi connectivity index (χ4v) is 5.85. The highest BCUT2D eigenvalue weighted by Crippen LogP contribution is 2.42.